The van der Waals surface area contributed by atoms with Gasteiger partial charge in [-0.25, -0.2) is 0 Å². The monoisotopic (exact) mass is 279 g/mol. The second kappa shape index (κ2) is 5.95. The number of nitrogens with zero attached hydrogens (tertiary/aromatic N) is 3. The van der Waals surface area contributed by atoms with E-state index in [1.165, 1.54) is 0 Å². The predicted molar refractivity (Wildman–Crippen MR) is 77.5 cm³/mol. The third-order valence-electron chi connectivity index (χ3n) is 4.36. The molecule has 1 aliphatic heterocycles. The molecule has 1 aromatic rings. The van der Waals surface area contributed by atoms with Crippen LogP contribution in [0.25, 0.3) is 0 Å². The van der Waals surface area contributed by atoms with Gasteiger partial charge in [-0.1, -0.05) is 6.92 Å². The molecule has 0 saturated carbocycles. The molecule has 1 atom stereocenters. The van der Waals surface area contributed by atoms with E-state index < -0.39 is 11.4 Å². The SMILES string of the molecule is CCC1(C(=O)O)CCCN(Cc2ccn(C(C)C)n2)C1. The average molecular weight is 279 g/mol. The maximum absolute atomic E-state index is 11.6. The number of rotatable bonds is 5. The molecule has 1 unspecified atom stereocenters. The number of carboxylic acid groups (broad SMARTS) is 1. The van der Waals surface area contributed by atoms with Gasteiger partial charge in [-0.15, -0.1) is 0 Å². The van der Waals surface area contributed by atoms with E-state index >= 15 is 0 Å². The van der Waals surface area contributed by atoms with Gasteiger partial charge in [0.1, 0.15) is 0 Å². The highest BCUT2D eigenvalue weighted by atomic mass is 16.4. The number of aromatic nitrogens is 2. The number of likely N-dealkylation sites (tertiary alicyclic amines) is 1. The van der Waals surface area contributed by atoms with Gasteiger partial charge in [0, 0.05) is 25.3 Å². The van der Waals surface area contributed by atoms with E-state index in [4.69, 9.17) is 0 Å². The van der Waals surface area contributed by atoms with Crippen molar-refractivity contribution in [2.45, 2.75) is 52.6 Å². The van der Waals surface area contributed by atoms with Crippen LogP contribution in [-0.2, 0) is 11.3 Å². The molecule has 1 fully saturated rings. The Morgan fingerprint density at radius 1 is 1.55 bits per heavy atom. The maximum Gasteiger partial charge on any atom is 0.310 e. The van der Waals surface area contributed by atoms with E-state index in [9.17, 15) is 9.90 Å². The van der Waals surface area contributed by atoms with Crippen LogP contribution in [0.2, 0.25) is 0 Å². The molecule has 1 saturated heterocycles. The summed E-state index contributed by atoms with van der Waals surface area (Å²) >= 11 is 0. The third-order valence-corrected chi connectivity index (χ3v) is 4.36. The Bertz CT molecular complexity index is 469. The zero-order chi connectivity index (χ0) is 14.8. The molecule has 2 heterocycles. The van der Waals surface area contributed by atoms with Crippen LogP contribution in [0.15, 0.2) is 12.3 Å². The number of piperidine rings is 1. The summed E-state index contributed by atoms with van der Waals surface area (Å²) in [6.07, 6.45) is 4.42. The van der Waals surface area contributed by atoms with Crippen molar-refractivity contribution in [3.05, 3.63) is 18.0 Å². The summed E-state index contributed by atoms with van der Waals surface area (Å²) in [6.45, 7) is 8.52. The van der Waals surface area contributed by atoms with Crippen LogP contribution in [0, 0.1) is 5.41 Å². The highest BCUT2D eigenvalue weighted by Gasteiger charge is 2.40. The first-order valence-electron chi connectivity index (χ1n) is 7.46. The molecule has 0 aliphatic carbocycles. The summed E-state index contributed by atoms with van der Waals surface area (Å²) in [5, 5.41) is 14.1. The normalized spacial score (nSPS) is 24.2. The summed E-state index contributed by atoms with van der Waals surface area (Å²) in [6, 6.07) is 2.39. The summed E-state index contributed by atoms with van der Waals surface area (Å²) in [5.74, 6) is -0.655. The molecule has 2 rings (SSSR count). The first-order chi connectivity index (χ1) is 9.47. The first-order valence-corrected chi connectivity index (χ1v) is 7.46. The van der Waals surface area contributed by atoms with Crippen molar-refractivity contribution in [3.63, 3.8) is 0 Å². The summed E-state index contributed by atoms with van der Waals surface area (Å²) in [7, 11) is 0. The van der Waals surface area contributed by atoms with Crippen LogP contribution in [-0.4, -0.2) is 38.8 Å². The molecule has 1 aliphatic rings. The minimum Gasteiger partial charge on any atom is -0.481 e. The summed E-state index contributed by atoms with van der Waals surface area (Å²) in [4.78, 5) is 13.8. The molecule has 0 amide bonds. The van der Waals surface area contributed by atoms with Gasteiger partial charge in [0.15, 0.2) is 0 Å². The van der Waals surface area contributed by atoms with Crippen LogP contribution >= 0.6 is 0 Å². The number of aliphatic carboxylic acids is 1. The van der Waals surface area contributed by atoms with Crippen molar-refractivity contribution in [1.82, 2.24) is 14.7 Å². The van der Waals surface area contributed by atoms with Gasteiger partial charge in [0.05, 0.1) is 11.1 Å². The molecule has 0 aromatic carbocycles. The highest BCUT2D eigenvalue weighted by molar-refractivity contribution is 5.75. The van der Waals surface area contributed by atoms with Crippen LogP contribution in [0.1, 0.15) is 51.8 Å². The predicted octanol–water partition coefficient (Wildman–Crippen LogP) is 2.54. The lowest BCUT2D eigenvalue weighted by Crippen LogP contribution is -2.47. The molecule has 20 heavy (non-hydrogen) atoms. The van der Waals surface area contributed by atoms with Gasteiger partial charge < -0.3 is 5.11 Å². The molecular formula is C15H25N3O2. The lowest BCUT2D eigenvalue weighted by molar-refractivity contribution is -0.153. The fourth-order valence-electron chi connectivity index (χ4n) is 2.95. The van der Waals surface area contributed by atoms with Gasteiger partial charge in [0.25, 0.3) is 0 Å². The molecular weight excluding hydrogens is 254 g/mol. The van der Waals surface area contributed by atoms with Crippen molar-refractivity contribution in [1.29, 1.82) is 0 Å². The van der Waals surface area contributed by atoms with E-state index in [2.05, 4.69) is 23.8 Å². The Labute approximate surface area is 120 Å². The van der Waals surface area contributed by atoms with E-state index in [1.54, 1.807) is 0 Å². The number of carbonyl (C=O) groups is 1. The second-order valence-electron chi connectivity index (χ2n) is 6.13. The Balaban J connectivity index is 2.03. The number of hydrogen-bond donors (Lipinski definition) is 1. The smallest absolute Gasteiger partial charge is 0.310 e. The van der Waals surface area contributed by atoms with Crippen molar-refractivity contribution in [3.8, 4) is 0 Å². The highest BCUT2D eigenvalue weighted by Crippen LogP contribution is 2.34. The third kappa shape index (κ3) is 3.03. The fraction of sp³-hybridized carbons (Fsp3) is 0.733. The minimum absolute atomic E-state index is 0.360. The van der Waals surface area contributed by atoms with Crippen LogP contribution < -0.4 is 0 Å². The minimum atomic E-state index is -0.655. The standard InChI is InChI=1S/C15H25N3O2/c1-4-15(14(19)20)7-5-8-17(11-15)10-13-6-9-18(16-13)12(2)3/h6,9,12H,4-5,7-8,10-11H2,1-3H3,(H,19,20). The Hall–Kier alpha value is -1.36. The molecule has 0 radical (unpaired) electrons. The molecule has 112 valence electrons. The Morgan fingerprint density at radius 3 is 2.85 bits per heavy atom. The Morgan fingerprint density at radius 2 is 2.30 bits per heavy atom. The Kier molecular flexibility index (Phi) is 4.48. The molecule has 1 aromatic heterocycles. The first kappa shape index (κ1) is 15.0. The van der Waals surface area contributed by atoms with E-state index in [1.807, 2.05) is 23.9 Å². The van der Waals surface area contributed by atoms with Crippen molar-refractivity contribution in [2.75, 3.05) is 13.1 Å². The second-order valence-corrected chi connectivity index (χ2v) is 6.13. The zero-order valence-electron chi connectivity index (χ0n) is 12.7. The molecule has 0 spiro atoms. The maximum atomic E-state index is 11.6. The van der Waals surface area contributed by atoms with Crippen molar-refractivity contribution in [2.24, 2.45) is 5.41 Å². The van der Waals surface area contributed by atoms with Crippen LogP contribution in [0.3, 0.4) is 0 Å². The quantitative estimate of drug-likeness (QED) is 0.900. The van der Waals surface area contributed by atoms with E-state index in [0.29, 0.717) is 19.0 Å². The van der Waals surface area contributed by atoms with Gasteiger partial charge >= 0.3 is 5.97 Å². The molecule has 0 bridgehead atoms. The largest absolute Gasteiger partial charge is 0.481 e. The summed E-state index contributed by atoms with van der Waals surface area (Å²) in [5.41, 5.74) is 0.453. The molecule has 5 nitrogen and oxygen atoms in total. The summed E-state index contributed by atoms with van der Waals surface area (Å²) < 4.78 is 1.95. The number of carboxylic acids is 1. The van der Waals surface area contributed by atoms with Crippen molar-refractivity contribution < 1.29 is 9.90 Å². The van der Waals surface area contributed by atoms with E-state index in [0.717, 1.165) is 31.6 Å². The lowest BCUT2D eigenvalue weighted by Gasteiger charge is -2.39. The van der Waals surface area contributed by atoms with Gasteiger partial charge in [-0.2, -0.15) is 5.10 Å². The molecule has 5 heteroatoms. The lowest BCUT2D eigenvalue weighted by atomic mass is 9.77. The zero-order valence-corrected chi connectivity index (χ0v) is 12.7. The number of hydrogen-bond acceptors (Lipinski definition) is 3. The van der Waals surface area contributed by atoms with Gasteiger partial charge in [-0.3, -0.25) is 14.4 Å². The van der Waals surface area contributed by atoms with Crippen molar-refractivity contribution >= 4 is 5.97 Å². The van der Waals surface area contributed by atoms with Gasteiger partial charge in [-0.05, 0) is 45.7 Å². The molecule has 1 N–H and O–H groups in total. The van der Waals surface area contributed by atoms with E-state index in [-0.39, 0.29) is 0 Å². The average Bonchev–Trinajstić information content (AvgIpc) is 2.87. The van der Waals surface area contributed by atoms with Crippen LogP contribution in [0.5, 0.6) is 0 Å². The van der Waals surface area contributed by atoms with Gasteiger partial charge in [0.2, 0.25) is 0 Å². The fourth-order valence-corrected chi connectivity index (χ4v) is 2.95. The van der Waals surface area contributed by atoms with Crippen LogP contribution in [0.4, 0.5) is 0 Å². The topological polar surface area (TPSA) is 58.4 Å².